The lowest BCUT2D eigenvalue weighted by atomic mass is 9.79. The fourth-order valence-electron chi connectivity index (χ4n) is 6.07. The molecule has 4 aliphatic heterocycles. The Labute approximate surface area is 217 Å². The predicted octanol–water partition coefficient (Wildman–Crippen LogP) is 6.87. The molecule has 7 rings (SSSR count). The smallest absolute Gasteiger partial charge is 0.0845 e. The number of hydrogen-bond donors (Lipinski definition) is 2. The average molecular weight is 488 g/mol. The quantitative estimate of drug-likeness (QED) is 0.395. The first-order chi connectivity index (χ1) is 17.9. The van der Waals surface area contributed by atoms with Crippen LogP contribution < -0.4 is 15.5 Å². The fraction of sp³-hybridized carbons (Fsp3) is 0.188. The Morgan fingerprint density at radius 3 is 2.31 bits per heavy atom. The van der Waals surface area contributed by atoms with Crippen molar-refractivity contribution >= 4 is 28.7 Å². The van der Waals surface area contributed by atoms with Gasteiger partial charge in [0.1, 0.15) is 0 Å². The molecule has 0 aliphatic carbocycles. The molecule has 0 aromatic heterocycles. The van der Waals surface area contributed by atoms with Crippen LogP contribution in [0.4, 0.5) is 11.4 Å². The SMILES string of the molecule is C1=CNC(C2SC3=C(c4ccccc4-c4ccccc4N3c3ccccc3)C2C2C=CCCN2)C=C1. The molecule has 0 amide bonds. The normalized spacial score (nSPS) is 26.2. The molecule has 0 saturated heterocycles. The lowest BCUT2D eigenvalue weighted by Gasteiger charge is -2.35. The Kier molecular flexibility index (Phi) is 5.56. The van der Waals surface area contributed by atoms with Gasteiger partial charge < -0.3 is 15.5 Å². The van der Waals surface area contributed by atoms with E-state index in [1.54, 1.807) is 0 Å². The molecule has 4 unspecified atom stereocenters. The van der Waals surface area contributed by atoms with Crippen LogP contribution >= 0.6 is 11.8 Å². The van der Waals surface area contributed by atoms with Crippen LogP contribution in [0.5, 0.6) is 0 Å². The molecule has 4 aliphatic rings. The highest BCUT2D eigenvalue weighted by atomic mass is 32.2. The average Bonchev–Trinajstić information content (AvgIpc) is 3.30. The summed E-state index contributed by atoms with van der Waals surface area (Å²) in [5.74, 6) is 0.317. The third-order valence-electron chi connectivity index (χ3n) is 7.63. The van der Waals surface area contributed by atoms with Gasteiger partial charge in [0, 0.05) is 28.5 Å². The van der Waals surface area contributed by atoms with Crippen LogP contribution in [0.15, 0.2) is 120 Å². The number of nitrogens with one attached hydrogen (secondary N) is 2. The van der Waals surface area contributed by atoms with Gasteiger partial charge in [0.25, 0.3) is 0 Å². The second-order valence-corrected chi connectivity index (χ2v) is 10.9. The Balaban J connectivity index is 1.50. The number of thioether (sulfide) groups is 1. The van der Waals surface area contributed by atoms with Crippen molar-refractivity contribution in [2.24, 2.45) is 5.92 Å². The van der Waals surface area contributed by atoms with Gasteiger partial charge in [-0.05, 0) is 60.1 Å². The molecular weight excluding hydrogens is 458 g/mol. The molecule has 36 heavy (non-hydrogen) atoms. The van der Waals surface area contributed by atoms with Crippen LogP contribution in [0.2, 0.25) is 0 Å². The summed E-state index contributed by atoms with van der Waals surface area (Å²) in [6.07, 6.45) is 14.6. The largest absolute Gasteiger partial charge is 0.384 e. The van der Waals surface area contributed by atoms with Gasteiger partial charge in [0.15, 0.2) is 0 Å². The minimum atomic E-state index is 0.258. The van der Waals surface area contributed by atoms with Crippen LogP contribution in [0.1, 0.15) is 12.0 Å². The highest BCUT2D eigenvalue weighted by Gasteiger charge is 2.47. The molecule has 0 fully saturated rings. The van der Waals surface area contributed by atoms with Crippen LogP contribution in [0.3, 0.4) is 0 Å². The summed E-state index contributed by atoms with van der Waals surface area (Å²) in [4.78, 5) is 2.51. The third kappa shape index (κ3) is 3.56. The highest BCUT2D eigenvalue weighted by molar-refractivity contribution is 8.04. The van der Waals surface area contributed by atoms with E-state index in [2.05, 4.69) is 131 Å². The molecule has 4 heteroatoms. The van der Waals surface area contributed by atoms with Gasteiger partial charge in [-0.1, -0.05) is 85.0 Å². The van der Waals surface area contributed by atoms with Crippen molar-refractivity contribution < 1.29 is 0 Å². The van der Waals surface area contributed by atoms with Gasteiger partial charge in [-0.25, -0.2) is 0 Å². The van der Waals surface area contributed by atoms with E-state index in [0.29, 0.717) is 11.2 Å². The van der Waals surface area contributed by atoms with E-state index >= 15 is 0 Å². The van der Waals surface area contributed by atoms with Gasteiger partial charge >= 0.3 is 0 Å². The molecule has 0 radical (unpaired) electrons. The summed E-state index contributed by atoms with van der Waals surface area (Å²) < 4.78 is 0. The fourth-order valence-corrected chi connectivity index (χ4v) is 7.78. The minimum Gasteiger partial charge on any atom is -0.384 e. The van der Waals surface area contributed by atoms with Gasteiger partial charge in [0.05, 0.1) is 16.8 Å². The van der Waals surface area contributed by atoms with E-state index in [1.807, 2.05) is 11.8 Å². The topological polar surface area (TPSA) is 27.3 Å². The summed E-state index contributed by atoms with van der Waals surface area (Å²) in [7, 11) is 0. The van der Waals surface area contributed by atoms with Crippen LogP contribution in [-0.2, 0) is 0 Å². The zero-order valence-electron chi connectivity index (χ0n) is 20.0. The predicted molar refractivity (Wildman–Crippen MR) is 153 cm³/mol. The minimum absolute atomic E-state index is 0.258. The van der Waals surface area contributed by atoms with Crippen molar-refractivity contribution in [2.45, 2.75) is 23.8 Å². The maximum atomic E-state index is 3.87. The number of dihydropyridines is 1. The summed E-state index contributed by atoms with van der Waals surface area (Å²) in [6, 6.07) is 29.3. The van der Waals surface area contributed by atoms with Gasteiger partial charge in [-0.3, -0.25) is 0 Å². The van der Waals surface area contributed by atoms with Crippen LogP contribution in [0, 0.1) is 5.92 Å². The third-order valence-corrected chi connectivity index (χ3v) is 9.11. The number of para-hydroxylation sites is 2. The standard InChI is InChI=1S/C32H29N3S/c1-2-12-22(13-3-1)35-28-19-7-6-15-24(28)23-14-4-5-16-25(23)29-30(26-17-8-10-20-33-26)31(36-32(29)35)27-18-9-11-21-34-27/h1-9,11-19,21,26-27,30-31,33-34H,10,20H2. The van der Waals surface area contributed by atoms with Gasteiger partial charge in [-0.15, -0.1) is 11.8 Å². The molecule has 2 N–H and O–H groups in total. The van der Waals surface area contributed by atoms with Crippen molar-refractivity contribution in [3.63, 3.8) is 0 Å². The highest BCUT2D eigenvalue weighted by Crippen LogP contribution is 2.58. The molecule has 3 aromatic carbocycles. The summed E-state index contributed by atoms with van der Waals surface area (Å²) in [5, 5.41) is 9.23. The molecular formula is C32H29N3S. The van der Waals surface area contributed by atoms with E-state index < -0.39 is 0 Å². The number of allylic oxidation sites excluding steroid dienone is 2. The molecule has 4 atom stereocenters. The number of benzene rings is 3. The van der Waals surface area contributed by atoms with E-state index in [1.165, 1.54) is 38.7 Å². The second-order valence-electron chi connectivity index (χ2n) is 9.69. The Morgan fingerprint density at radius 2 is 1.53 bits per heavy atom. The van der Waals surface area contributed by atoms with Crippen LogP contribution in [-0.4, -0.2) is 23.9 Å². The summed E-state index contributed by atoms with van der Waals surface area (Å²) >= 11 is 2.03. The number of fused-ring (bicyclic) bond motifs is 4. The zero-order valence-corrected chi connectivity index (χ0v) is 20.9. The van der Waals surface area contributed by atoms with Crippen molar-refractivity contribution in [3.8, 4) is 11.1 Å². The van der Waals surface area contributed by atoms with Crippen LogP contribution in [0.25, 0.3) is 16.7 Å². The Morgan fingerprint density at radius 1 is 0.750 bits per heavy atom. The van der Waals surface area contributed by atoms with Crippen molar-refractivity contribution in [3.05, 3.63) is 126 Å². The molecule has 0 bridgehead atoms. The molecule has 4 heterocycles. The molecule has 3 nitrogen and oxygen atoms in total. The number of hydrogen-bond acceptors (Lipinski definition) is 4. The number of nitrogens with zero attached hydrogens (tertiary/aromatic N) is 1. The molecule has 3 aromatic rings. The maximum absolute atomic E-state index is 3.87. The van der Waals surface area contributed by atoms with E-state index in [4.69, 9.17) is 0 Å². The van der Waals surface area contributed by atoms with Crippen molar-refractivity contribution in [2.75, 3.05) is 11.4 Å². The van der Waals surface area contributed by atoms with Crippen molar-refractivity contribution in [1.29, 1.82) is 0 Å². The Hall–Kier alpha value is -3.47. The monoisotopic (exact) mass is 487 g/mol. The number of rotatable bonds is 3. The van der Waals surface area contributed by atoms with Crippen molar-refractivity contribution in [1.82, 2.24) is 10.6 Å². The summed E-state index contributed by atoms with van der Waals surface area (Å²) in [5.41, 5.74) is 7.86. The van der Waals surface area contributed by atoms with E-state index in [0.717, 1.165) is 13.0 Å². The molecule has 0 saturated carbocycles. The van der Waals surface area contributed by atoms with E-state index in [-0.39, 0.29) is 12.1 Å². The first kappa shape index (κ1) is 21.8. The number of anilines is 2. The lowest BCUT2D eigenvalue weighted by Crippen LogP contribution is -2.47. The lowest BCUT2D eigenvalue weighted by molar-refractivity contribution is 0.436. The second kappa shape index (κ2) is 9.20. The zero-order chi connectivity index (χ0) is 23.9. The van der Waals surface area contributed by atoms with E-state index in [9.17, 15) is 0 Å². The summed E-state index contributed by atoms with van der Waals surface area (Å²) in [6.45, 7) is 1.02. The van der Waals surface area contributed by atoms with Gasteiger partial charge in [-0.2, -0.15) is 0 Å². The first-order valence-corrected chi connectivity index (χ1v) is 13.7. The first-order valence-electron chi connectivity index (χ1n) is 12.8. The Bertz CT molecular complexity index is 1400. The molecule has 0 spiro atoms. The maximum Gasteiger partial charge on any atom is 0.0845 e. The van der Waals surface area contributed by atoms with Gasteiger partial charge in [0.2, 0.25) is 0 Å². The molecule has 178 valence electrons.